The van der Waals surface area contributed by atoms with Gasteiger partial charge in [0.15, 0.2) is 0 Å². The molecule has 2 aromatic rings. The number of fused-ring (bicyclic) bond motifs is 1. The summed E-state index contributed by atoms with van der Waals surface area (Å²) in [5.41, 5.74) is 1.72. The number of nitrogens with zero attached hydrogens (tertiary/aromatic N) is 4. The van der Waals surface area contributed by atoms with Gasteiger partial charge in [-0.3, -0.25) is 9.59 Å². The Morgan fingerprint density at radius 1 is 1.00 bits per heavy atom. The van der Waals surface area contributed by atoms with E-state index >= 15 is 0 Å². The molecule has 25 heavy (non-hydrogen) atoms. The van der Waals surface area contributed by atoms with Gasteiger partial charge in [0, 0.05) is 44.5 Å². The normalized spacial score (nSPS) is 17.0. The highest BCUT2D eigenvalue weighted by Crippen LogP contribution is 2.22. The first-order valence-electron chi connectivity index (χ1n) is 8.53. The molecule has 1 fully saturated rings. The zero-order chi connectivity index (χ0) is 17.2. The summed E-state index contributed by atoms with van der Waals surface area (Å²) in [6.07, 6.45) is 1.78. The molecule has 3 heterocycles. The van der Waals surface area contributed by atoms with Crippen molar-refractivity contribution in [2.75, 3.05) is 37.6 Å². The van der Waals surface area contributed by atoms with E-state index in [2.05, 4.69) is 9.88 Å². The largest absolute Gasteiger partial charge is 0.353 e. The van der Waals surface area contributed by atoms with Crippen molar-refractivity contribution in [2.24, 2.45) is 0 Å². The molecule has 4 rings (SSSR count). The monoisotopic (exact) mass is 336 g/mol. The fourth-order valence-electron chi connectivity index (χ4n) is 3.43. The Hall–Kier alpha value is -2.89. The van der Waals surface area contributed by atoms with Gasteiger partial charge in [-0.15, -0.1) is 0 Å². The standard InChI is InChI=1S/C19H20N4O2/c24-18(14-23-13-15-5-1-2-6-16(15)19(23)25)22-11-9-21(10-12-22)17-7-3-4-8-20-17/h1-8H,9-14H2. The van der Waals surface area contributed by atoms with Crippen LogP contribution >= 0.6 is 0 Å². The second kappa shape index (κ2) is 6.55. The van der Waals surface area contributed by atoms with Crippen molar-refractivity contribution in [3.8, 4) is 0 Å². The molecule has 1 aromatic heterocycles. The first-order valence-corrected chi connectivity index (χ1v) is 8.53. The second-order valence-electron chi connectivity index (χ2n) is 6.37. The predicted octanol–water partition coefficient (Wildman–Crippen LogP) is 1.39. The summed E-state index contributed by atoms with van der Waals surface area (Å²) in [5.74, 6) is 0.915. The van der Waals surface area contributed by atoms with E-state index in [1.165, 1.54) is 0 Å². The third-order valence-corrected chi connectivity index (χ3v) is 4.83. The highest BCUT2D eigenvalue weighted by Gasteiger charge is 2.30. The van der Waals surface area contributed by atoms with E-state index < -0.39 is 0 Å². The highest BCUT2D eigenvalue weighted by atomic mass is 16.2. The van der Waals surface area contributed by atoms with Crippen LogP contribution in [0.5, 0.6) is 0 Å². The van der Waals surface area contributed by atoms with E-state index in [0.29, 0.717) is 19.6 Å². The number of hydrogen-bond donors (Lipinski definition) is 0. The Kier molecular flexibility index (Phi) is 4.09. The maximum absolute atomic E-state index is 12.6. The third-order valence-electron chi connectivity index (χ3n) is 4.83. The van der Waals surface area contributed by atoms with Crippen LogP contribution in [0.4, 0.5) is 5.82 Å². The van der Waals surface area contributed by atoms with Crippen molar-refractivity contribution in [2.45, 2.75) is 6.54 Å². The fourth-order valence-corrected chi connectivity index (χ4v) is 3.43. The van der Waals surface area contributed by atoms with Crippen LogP contribution in [-0.2, 0) is 11.3 Å². The summed E-state index contributed by atoms with van der Waals surface area (Å²) in [5, 5.41) is 0. The van der Waals surface area contributed by atoms with Gasteiger partial charge in [0.25, 0.3) is 5.91 Å². The number of carbonyl (C=O) groups is 2. The topological polar surface area (TPSA) is 56.8 Å². The third kappa shape index (κ3) is 3.07. The molecule has 1 saturated heterocycles. The molecule has 2 amide bonds. The molecule has 0 spiro atoms. The summed E-state index contributed by atoms with van der Waals surface area (Å²) in [4.78, 5) is 35.0. The molecule has 6 heteroatoms. The molecule has 0 N–H and O–H groups in total. The average Bonchev–Trinajstić information content (AvgIpc) is 2.98. The lowest BCUT2D eigenvalue weighted by Crippen LogP contribution is -2.51. The smallest absolute Gasteiger partial charge is 0.254 e. The lowest BCUT2D eigenvalue weighted by atomic mass is 10.1. The van der Waals surface area contributed by atoms with E-state index in [0.717, 1.165) is 30.0 Å². The fraction of sp³-hybridized carbons (Fsp3) is 0.316. The van der Waals surface area contributed by atoms with E-state index in [1.54, 1.807) is 11.1 Å². The summed E-state index contributed by atoms with van der Waals surface area (Å²) in [6, 6.07) is 13.4. The molecule has 6 nitrogen and oxygen atoms in total. The first-order chi connectivity index (χ1) is 12.2. The lowest BCUT2D eigenvalue weighted by Gasteiger charge is -2.36. The van der Waals surface area contributed by atoms with Crippen LogP contribution in [0.3, 0.4) is 0 Å². The Bertz CT molecular complexity index is 785. The number of aromatic nitrogens is 1. The van der Waals surface area contributed by atoms with E-state index in [9.17, 15) is 9.59 Å². The quantitative estimate of drug-likeness (QED) is 0.850. The van der Waals surface area contributed by atoms with Gasteiger partial charge in [-0.05, 0) is 23.8 Å². The molecular formula is C19H20N4O2. The van der Waals surface area contributed by atoms with Crippen LogP contribution in [-0.4, -0.2) is 59.3 Å². The molecule has 1 aromatic carbocycles. The lowest BCUT2D eigenvalue weighted by molar-refractivity contribution is -0.132. The Balaban J connectivity index is 1.34. The van der Waals surface area contributed by atoms with E-state index in [4.69, 9.17) is 0 Å². The number of hydrogen-bond acceptors (Lipinski definition) is 4. The Labute approximate surface area is 146 Å². The molecule has 0 saturated carbocycles. The number of benzene rings is 1. The van der Waals surface area contributed by atoms with Crippen molar-refractivity contribution < 1.29 is 9.59 Å². The minimum atomic E-state index is -0.0453. The van der Waals surface area contributed by atoms with Gasteiger partial charge in [0.05, 0.1) is 0 Å². The van der Waals surface area contributed by atoms with Crippen LogP contribution in [0.2, 0.25) is 0 Å². The molecule has 2 aliphatic rings. The first kappa shape index (κ1) is 15.6. The molecule has 2 aliphatic heterocycles. The number of amides is 2. The number of anilines is 1. The molecule has 0 aliphatic carbocycles. The van der Waals surface area contributed by atoms with Crippen LogP contribution in [0.15, 0.2) is 48.7 Å². The summed E-state index contributed by atoms with van der Waals surface area (Å²) >= 11 is 0. The maximum atomic E-state index is 12.6. The van der Waals surface area contributed by atoms with E-state index in [-0.39, 0.29) is 18.4 Å². The number of piperazine rings is 1. The summed E-state index contributed by atoms with van der Waals surface area (Å²) in [7, 11) is 0. The minimum Gasteiger partial charge on any atom is -0.353 e. The van der Waals surface area contributed by atoms with Gasteiger partial charge >= 0.3 is 0 Å². The van der Waals surface area contributed by atoms with E-state index in [1.807, 2.05) is 47.4 Å². The van der Waals surface area contributed by atoms with Gasteiger partial charge in [0.2, 0.25) is 5.91 Å². The Morgan fingerprint density at radius 2 is 1.76 bits per heavy atom. The predicted molar refractivity (Wildman–Crippen MR) is 94.2 cm³/mol. The molecule has 128 valence electrons. The number of carbonyl (C=O) groups excluding carboxylic acids is 2. The number of pyridine rings is 1. The van der Waals surface area contributed by atoms with Crippen LogP contribution in [0.1, 0.15) is 15.9 Å². The average molecular weight is 336 g/mol. The van der Waals surface area contributed by atoms with Crippen molar-refractivity contribution in [1.82, 2.24) is 14.8 Å². The Morgan fingerprint density at radius 3 is 2.48 bits per heavy atom. The minimum absolute atomic E-state index is 0.0156. The van der Waals surface area contributed by atoms with Crippen molar-refractivity contribution in [3.05, 3.63) is 59.8 Å². The zero-order valence-corrected chi connectivity index (χ0v) is 14.0. The van der Waals surface area contributed by atoms with Crippen LogP contribution < -0.4 is 4.90 Å². The van der Waals surface area contributed by atoms with Gasteiger partial charge in [-0.25, -0.2) is 4.98 Å². The number of rotatable bonds is 3. The molecule has 0 radical (unpaired) electrons. The summed E-state index contributed by atoms with van der Waals surface area (Å²) in [6.45, 7) is 3.51. The maximum Gasteiger partial charge on any atom is 0.254 e. The van der Waals surface area contributed by atoms with Crippen molar-refractivity contribution >= 4 is 17.6 Å². The SMILES string of the molecule is O=C(CN1Cc2ccccc2C1=O)N1CCN(c2ccccn2)CC1. The van der Waals surface area contributed by atoms with Crippen LogP contribution in [0, 0.1) is 0 Å². The van der Waals surface area contributed by atoms with Gasteiger partial charge in [-0.1, -0.05) is 24.3 Å². The summed E-state index contributed by atoms with van der Waals surface area (Å²) < 4.78 is 0. The molecule has 0 bridgehead atoms. The van der Waals surface area contributed by atoms with Crippen LogP contribution in [0.25, 0.3) is 0 Å². The molecular weight excluding hydrogens is 316 g/mol. The van der Waals surface area contributed by atoms with Gasteiger partial charge in [-0.2, -0.15) is 0 Å². The van der Waals surface area contributed by atoms with Gasteiger partial charge in [0.1, 0.15) is 12.4 Å². The second-order valence-corrected chi connectivity index (χ2v) is 6.37. The zero-order valence-electron chi connectivity index (χ0n) is 14.0. The van der Waals surface area contributed by atoms with Crippen molar-refractivity contribution in [3.63, 3.8) is 0 Å². The molecule has 0 unspecified atom stereocenters. The van der Waals surface area contributed by atoms with Crippen molar-refractivity contribution in [1.29, 1.82) is 0 Å². The van der Waals surface area contributed by atoms with Gasteiger partial charge < -0.3 is 14.7 Å². The highest BCUT2D eigenvalue weighted by molar-refractivity contribution is 6.00. The molecule has 0 atom stereocenters.